The third-order valence-corrected chi connectivity index (χ3v) is 14.3. The van der Waals surface area contributed by atoms with Crippen LogP contribution in [-0.4, -0.2) is 157 Å². The van der Waals surface area contributed by atoms with Gasteiger partial charge >= 0.3 is 0 Å². The van der Waals surface area contributed by atoms with E-state index in [-0.39, 0.29) is 107 Å². The smallest absolute Gasteiger partial charge is 0.291 e. The molecule has 0 radical (unpaired) electrons. The molecule has 89 heavy (non-hydrogen) atoms. The lowest BCUT2D eigenvalue weighted by atomic mass is 10.1. The van der Waals surface area contributed by atoms with Crippen molar-refractivity contribution in [2.45, 2.75) is 43.5 Å². The van der Waals surface area contributed by atoms with Crippen LogP contribution in [-0.2, 0) is 68.5 Å². The maximum absolute atomic E-state index is 13.3. The minimum atomic E-state index is -1.73. The SMILES string of the molecule is Cn1cc(NC(=O)c2cc(NC(=O)c3cc(NC(=O)[C@H](O)CNC(=O)c4cc(NC(=O)[C@H](N)CCNC(=O)c5cc(NC(=O)[C@@H]6C[C@H](NC(=O)CCNC(=O)c7cc(NC(=O)c8nccn8C)cn7C)CN6)cn5C)cn4C)cn3C)cn2C)cc1C(N)=O. The number of aryl methyl sites for hydroxylation is 7. The van der Waals surface area contributed by atoms with Crippen molar-refractivity contribution in [2.24, 2.45) is 60.8 Å². The fourth-order valence-corrected chi connectivity index (χ4v) is 9.68. The van der Waals surface area contributed by atoms with Gasteiger partial charge < -0.3 is 107 Å². The maximum Gasteiger partial charge on any atom is 0.291 e. The van der Waals surface area contributed by atoms with Gasteiger partial charge in [-0.05, 0) is 49.2 Å². The number of carbonyl (C=O) groups is 11. The number of rotatable bonds is 25. The van der Waals surface area contributed by atoms with Crippen LogP contribution in [0.3, 0.4) is 0 Å². The van der Waals surface area contributed by atoms with Crippen LogP contribution in [0.4, 0.5) is 34.1 Å². The van der Waals surface area contributed by atoms with Gasteiger partial charge in [0.05, 0.1) is 52.8 Å². The predicted molar refractivity (Wildman–Crippen MR) is 323 cm³/mol. The molecule has 0 saturated carbocycles. The van der Waals surface area contributed by atoms with Crippen LogP contribution in [0.2, 0.25) is 0 Å². The fraction of sp³-hybridized carbons (Fsp3) is 0.321. The van der Waals surface area contributed by atoms with E-state index in [9.17, 15) is 57.8 Å². The molecule has 0 aromatic carbocycles. The largest absolute Gasteiger partial charge is 0.381 e. The van der Waals surface area contributed by atoms with E-state index in [0.29, 0.717) is 23.6 Å². The van der Waals surface area contributed by atoms with E-state index in [4.69, 9.17) is 11.5 Å². The molecule has 33 nitrogen and oxygen atoms in total. The number of amides is 11. The fourth-order valence-electron chi connectivity index (χ4n) is 9.68. The minimum Gasteiger partial charge on any atom is -0.381 e. The molecule has 8 rings (SSSR count). The van der Waals surface area contributed by atoms with Crippen molar-refractivity contribution >= 4 is 99.1 Å². The van der Waals surface area contributed by atoms with E-state index >= 15 is 0 Å². The van der Waals surface area contributed by atoms with Gasteiger partial charge in [0.15, 0.2) is 5.82 Å². The molecule has 1 fully saturated rings. The van der Waals surface area contributed by atoms with E-state index in [2.05, 4.69) is 63.5 Å². The minimum absolute atomic E-state index is 0.00852. The van der Waals surface area contributed by atoms with Crippen LogP contribution in [0.1, 0.15) is 92.8 Å². The number of anilines is 6. The third-order valence-electron chi connectivity index (χ3n) is 14.3. The monoisotopic (exact) mass is 1230 g/mol. The van der Waals surface area contributed by atoms with E-state index < -0.39 is 77.9 Å². The quantitative estimate of drug-likeness (QED) is 0.0317. The first kappa shape index (κ1) is 63.9. The highest BCUT2D eigenvalue weighted by Gasteiger charge is 2.31. The molecule has 0 unspecified atom stereocenters. The van der Waals surface area contributed by atoms with Crippen LogP contribution < -0.4 is 70.0 Å². The number of carbonyl (C=O) groups excluding carboxylic acids is 11. The van der Waals surface area contributed by atoms with Gasteiger partial charge in [0.25, 0.3) is 47.3 Å². The van der Waals surface area contributed by atoms with E-state index in [1.807, 2.05) is 0 Å². The lowest BCUT2D eigenvalue weighted by Crippen LogP contribution is -2.39. The number of aliphatic hydroxyl groups is 1. The molecule has 470 valence electrons. The van der Waals surface area contributed by atoms with E-state index in [1.165, 1.54) is 97.3 Å². The van der Waals surface area contributed by atoms with Gasteiger partial charge in [0, 0.05) is 131 Å². The van der Waals surface area contributed by atoms with Crippen LogP contribution >= 0.6 is 0 Å². The maximum atomic E-state index is 13.3. The highest BCUT2D eigenvalue weighted by atomic mass is 16.3. The summed E-state index contributed by atoms with van der Waals surface area (Å²) in [5, 5.41) is 40.5. The Morgan fingerprint density at radius 3 is 1.43 bits per heavy atom. The van der Waals surface area contributed by atoms with Gasteiger partial charge in [-0.1, -0.05) is 0 Å². The normalized spacial score (nSPS) is 14.2. The average Bonchev–Trinajstić information content (AvgIpc) is 2.80. The second kappa shape index (κ2) is 27.5. The van der Waals surface area contributed by atoms with Crippen molar-refractivity contribution in [3.8, 4) is 0 Å². The lowest BCUT2D eigenvalue weighted by molar-refractivity contribution is -0.124. The standard InChI is InChI=1S/C56H69N21O12/c1-71-13-12-59-47(71)56(89)70-35-18-40(74(4)28-35)51(84)61-11-9-45(79)64-29-14-37(62-21-29)49(82)66-32-17-39(73(3)25-32)50(83)60-10-8-36(57)48(81)65-31-16-41(75(5)24-31)52(85)63-22-44(78)55(88)69-34-20-43(77(7)27-34)54(87)68-33-19-42(76(6)26-33)53(86)67-30-15-38(46(58)80)72(2)23-30/h12-13,15-20,23-29,36-37,44,62,78H,8-11,14,21-22,57H2,1-7H3,(H2,58,80)(H,60,83)(H,61,84)(H,63,85)(H,64,79)(H,65,81)(H,66,82)(H,67,86)(H,68,87)(H,69,88)(H,70,89)/t29-,36+,37-,44+/m0/s1. The van der Waals surface area contributed by atoms with Crippen molar-refractivity contribution in [3.63, 3.8) is 0 Å². The van der Waals surface area contributed by atoms with E-state index in [1.54, 1.807) is 70.0 Å². The zero-order valence-electron chi connectivity index (χ0n) is 49.5. The van der Waals surface area contributed by atoms with Crippen molar-refractivity contribution in [1.29, 1.82) is 0 Å². The average molecular weight is 1230 g/mol. The number of aliphatic hydroxyl groups excluding tert-OH is 1. The summed E-state index contributed by atoms with van der Waals surface area (Å²) in [5.41, 5.74) is 14.3. The first-order valence-electron chi connectivity index (χ1n) is 27.6. The highest BCUT2D eigenvalue weighted by Crippen LogP contribution is 2.22. The number of imidazole rings is 1. The molecule has 0 aliphatic carbocycles. The Kier molecular flexibility index (Phi) is 19.8. The van der Waals surface area contributed by atoms with Crippen LogP contribution in [0, 0.1) is 0 Å². The summed E-state index contributed by atoms with van der Waals surface area (Å²) in [6.45, 7) is -0.176. The molecule has 11 amide bonds. The molecule has 1 aliphatic rings. The van der Waals surface area contributed by atoms with Crippen molar-refractivity contribution in [3.05, 3.63) is 126 Å². The number of hydrogen-bond donors (Lipinski definition) is 14. The molecule has 4 atom stereocenters. The Labute approximate surface area is 507 Å². The molecule has 7 aromatic heterocycles. The number of nitrogens with two attached hydrogens (primary N) is 2. The molecule has 16 N–H and O–H groups in total. The Morgan fingerprint density at radius 2 is 0.955 bits per heavy atom. The summed E-state index contributed by atoms with van der Waals surface area (Å²) in [4.78, 5) is 146. The van der Waals surface area contributed by atoms with Gasteiger partial charge in [0.2, 0.25) is 17.7 Å². The summed E-state index contributed by atoms with van der Waals surface area (Å²) in [6, 6.07) is 6.47. The first-order chi connectivity index (χ1) is 42.2. The third kappa shape index (κ3) is 15.9. The van der Waals surface area contributed by atoms with Crippen molar-refractivity contribution < 1.29 is 57.8 Å². The predicted octanol–water partition coefficient (Wildman–Crippen LogP) is -1.27. The Balaban J connectivity index is 0.706. The molecule has 0 bridgehead atoms. The summed E-state index contributed by atoms with van der Waals surface area (Å²) >= 11 is 0. The zero-order chi connectivity index (χ0) is 64.5. The van der Waals surface area contributed by atoms with Crippen LogP contribution in [0.5, 0.6) is 0 Å². The molecule has 1 saturated heterocycles. The number of nitrogens with one attached hydrogen (secondary N) is 11. The molecule has 8 heterocycles. The highest BCUT2D eigenvalue weighted by molar-refractivity contribution is 6.08. The molecular formula is C56H69N21O12. The summed E-state index contributed by atoms with van der Waals surface area (Å²) in [6.07, 6.45) is 10.7. The second-order valence-electron chi connectivity index (χ2n) is 21.2. The molecule has 1 aliphatic heterocycles. The number of primary amides is 1. The van der Waals surface area contributed by atoms with Gasteiger partial charge in [0.1, 0.15) is 40.3 Å². The number of hydrogen-bond acceptors (Lipinski definition) is 15. The number of nitrogens with zero attached hydrogens (tertiary/aromatic N) is 8. The van der Waals surface area contributed by atoms with Gasteiger partial charge in [-0.2, -0.15) is 0 Å². The Bertz CT molecular complexity index is 3910. The van der Waals surface area contributed by atoms with Crippen molar-refractivity contribution in [1.82, 2.24) is 63.5 Å². The summed E-state index contributed by atoms with van der Waals surface area (Å²) < 4.78 is 10.4. The van der Waals surface area contributed by atoms with Crippen molar-refractivity contribution in [2.75, 3.05) is 58.1 Å². The zero-order valence-corrected chi connectivity index (χ0v) is 49.5. The topological polar surface area (TPSA) is 440 Å². The van der Waals surface area contributed by atoms with Crippen LogP contribution in [0.25, 0.3) is 0 Å². The molecule has 0 spiro atoms. The van der Waals surface area contributed by atoms with Crippen LogP contribution in [0.15, 0.2) is 86.0 Å². The van der Waals surface area contributed by atoms with Gasteiger partial charge in [-0.15, -0.1) is 0 Å². The summed E-state index contributed by atoms with van der Waals surface area (Å²) in [7, 11) is 11.2. The van der Waals surface area contributed by atoms with E-state index in [0.717, 1.165) is 0 Å². The molecule has 33 heteroatoms. The molecular weight excluding hydrogens is 1160 g/mol. The summed E-state index contributed by atoms with van der Waals surface area (Å²) in [5.74, 6) is -5.89. The van der Waals surface area contributed by atoms with Gasteiger partial charge in [-0.25, -0.2) is 4.98 Å². The van der Waals surface area contributed by atoms with Gasteiger partial charge in [-0.3, -0.25) is 52.7 Å². The Hall–Kier alpha value is -11.1. The Morgan fingerprint density at radius 1 is 0.539 bits per heavy atom. The lowest BCUT2D eigenvalue weighted by Gasteiger charge is -2.13. The first-order valence-corrected chi connectivity index (χ1v) is 27.6. The second-order valence-corrected chi connectivity index (χ2v) is 21.2. The molecule has 7 aromatic rings. The number of aromatic nitrogens is 8.